The largest absolute Gasteiger partial charge is 0.469 e. The number of hydrogen-bond acceptors (Lipinski definition) is 2. The summed E-state index contributed by atoms with van der Waals surface area (Å²) in [6, 6.07) is 0. The highest BCUT2D eigenvalue weighted by molar-refractivity contribution is 5.75. The molecular formula is C13H26O2. The number of methoxy groups -OCH3 is 1. The van der Waals surface area contributed by atoms with Crippen LogP contribution in [0.3, 0.4) is 0 Å². The molecule has 0 saturated carbocycles. The van der Waals surface area contributed by atoms with Crippen LogP contribution in [-0.4, -0.2) is 13.1 Å². The lowest BCUT2D eigenvalue weighted by Crippen LogP contribution is -2.31. The lowest BCUT2D eigenvalue weighted by atomic mass is 9.72. The molecule has 0 aromatic heterocycles. The number of unbranched alkanes of at least 4 members (excludes halogenated alkanes) is 1. The van der Waals surface area contributed by atoms with Crippen molar-refractivity contribution in [3.63, 3.8) is 0 Å². The Hall–Kier alpha value is -0.530. The fourth-order valence-electron chi connectivity index (χ4n) is 2.29. The maximum Gasteiger partial charge on any atom is 0.311 e. The van der Waals surface area contributed by atoms with Crippen molar-refractivity contribution in [2.24, 2.45) is 10.8 Å². The van der Waals surface area contributed by atoms with E-state index in [-0.39, 0.29) is 16.8 Å². The van der Waals surface area contributed by atoms with E-state index in [1.807, 2.05) is 13.8 Å². The highest BCUT2D eigenvalue weighted by Gasteiger charge is 2.35. The van der Waals surface area contributed by atoms with E-state index in [9.17, 15) is 4.79 Å². The quantitative estimate of drug-likeness (QED) is 0.629. The second-order valence-corrected chi connectivity index (χ2v) is 5.82. The van der Waals surface area contributed by atoms with Crippen LogP contribution in [0.4, 0.5) is 0 Å². The van der Waals surface area contributed by atoms with Gasteiger partial charge in [0.25, 0.3) is 0 Å². The SMILES string of the molecule is CCCCC(C)(C)CC(C)(C)C(=O)OC. The van der Waals surface area contributed by atoms with Crippen molar-refractivity contribution in [1.29, 1.82) is 0 Å². The lowest BCUT2D eigenvalue weighted by Gasteiger charge is -2.33. The van der Waals surface area contributed by atoms with Crippen molar-refractivity contribution >= 4 is 5.97 Å². The Morgan fingerprint density at radius 2 is 1.73 bits per heavy atom. The van der Waals surface area contributed by atoms with Crippen LogP contribution in [0.1, 0.15) is 60.3 Å². The summed E-state index contributed by atoms with van der Waals surface area (Å²) in [6.45, 7) is 10.6. The molecule has 2 nitrogen and oxygen atoms in total. The molecule has 0 saturated heterocycles. The third-order valence-electron chi connectivity index (χ3n) is 2.87. The van der Waals surface area contributed by atoms with Crippen LogP contribution in [0.25, 0.3) is 0 Å². The average molecular weight is 214 g/mol. The van der Waals surface area contributed by atoms with Gasteiger partial charge in [-0.2, -0.15) is 0 Å². The summed E-state index contributed by atoms with van der Waals surface area (Å²) in [5, 5.41) is 0. The van der Waals surface area contributed by atoms with E-state index in [1.54, 1.807) is 0 Å². The molecule has 0 bridgehead atoms. The Balaban J connectivity index is 4.35. The third kappa shape index (κ3) is 5.19. The van der Waals surface area contributed by atoms with Gasteiger partial charge in [0.15, 0.2) is 0 Å². The minimum Gasteiger partial charge on any atom is -0.469 e. The Kier molecular flexibility index (Phi) is 5.33. The Bertz CT molecular complexity index is 205. The van der Waals surface area contributed by atoms with Crippen molar-refractivity contribution in [3.05, 3.63) is 0 Å². The molecule has 0 N–H and O–H groups in total. The molecule has 0 fully saturated rings. The molecule has 0 rings (SSSR count). The van der Waals surface area contributed by atoms with E-state index >= 15 is 0 Å². The zero-order valence-electron chi connectivity index (χ0n) is 11.1. The topological polar surface area (TPSA) is 26.3 Å². The van der Waals surface area contributed by atoms with Gasteiger partial charge in [0.2, 0.25) is 0 Å². The van der Waals surface area contributed by atoms with Gasteiger partial charge in [0.1, 0.15) is 0 Å². The number of hydrogen-bond donors (Lipinski definition) is 0. The van der Waals surface area contributed by atoms with Crippen LogP contribution < -0.4 is 0 Å². The molecule has 0 aliphatic carbocycles. The van der Waals surface area contributed by atoms with Crippen LogP contribution >= 0.6 is 0 Å². The molecule has 0 aliphatic rings. The summed E-state index contributed by atoms with van der Waals surface area (Å²) < 4.78 is 4.83. The summed E-state index contributed by atoms with van der Waals surface area (Å²) in [5.74, 6) is -0.105. The molecule has 2 heteroatoms. The average Bonchev–Trinajstić information content (AvgIpc) is 2.11. The fourth-order valence-corrected chi connectivity index (χ4v) is 2.29. The van der Waals surface area contributed by atoms with Crippen molar-refractivity contribution in [1.82, 2.24) is 0 Å². The maximum atomic E-state index is 11.6. The summed E-state index contributed by atoms with van der Waals surface area (Å²) in [7, 11) is 1.46. The number of carbonyl (C=O) groups is 1. The molecule has 0 atom stereocenters. The van der Waals surface area contributed by atoms with E-state index in [2.05, 4.69) is 20.8 Å². The van der Waals surface area contributed by atoms with Gasteiger partial charge < -0.3 is 4.74 Å². The molecule has 15 heavy (non-hydrogen) atoms. The van der Waals surface area contributed by atoms with Gasteiger partial charge in [-0.25, -0.2) is 0 Å². The maximum absolute atomic E-state index is 11.6. The molecule has 0 radical (unpaired) electrons. The molecule has 0 aromatic rings. The zero-order chi connectivity index (χ0) is 12.1. The van der Waals surface area contributed by atoms with Gasteiger partial charge in [0.05, 0.1) is 12.5 Å². The highest BCUT2D eigenvalue weighted by Crippen LogP contribution is 2.37. The van der Waals surface area contributed by atoms with Crippen molar-refractivity contribution < 1.29 is 9.53 Å². The first-order chi connectivity index (χ1) is 6.75. The smallest absolute Gasteiger partial charge is 0.311 e. The zero-order valence-corrected chi connectivity index (χ0v) is 11.1. The monoisotopic (exact) mass is 214 g/mol. The molecule has 0 aliphatic heterocycles. The van der Waals surface area contributed by atoms with E-state index < -0.39 is 0 Å². The number of esters is 1. The molecule has 0 aromatic carbocycles. The summed E-state index contributed by atoms with van der Waals surface area (Å²) in [4.78, 5) is 11.6. The first-order valence-corrected chi connectivity index (χ1v) is 5.83. The van der Waals surface area contributed by atoms with Gasteiger partial charge in [-0.1, -0.05) is 33.6 Å². The molecule has 0 unspecified atom stereocenters. The van der Waals surface area contributed by atoms with Gasteiger partial charge in [-0.05, 0) is 32.1 Å². The van der Waals surface area contributed by atoms with Crippen LogP contribution in [0.2, 0.25) is 0 Å². The third-order valence-corrected chi connectivity index (χ3v) is 2.87. The molecule has 0 amide bonds. The van der Waals surface area contributed by atoms with Gasteiger partial charge in [-0.3, -0.25) is 4.79 Å². The van der Waals surface area contributed by atoms with E-state index in [0.717, 1.165) is 6.42 Å². The second kappa shape index (κ2) is 5.53. The summed E-state index contributed by atoms with van der Waals surface area (Å²) in [6.07, 6.45) is 4.49. The van der Waals surface area contributed by atoms with Crippen LogP contribution in [0.5, 0.6) is 0 Å². The normalized spacial score (nSPS) is 12.7. The van der Waals surface area contributed by atoms with Crippen LogP contribution in [-0.2, 0) is 9.53 Å². The summed E-state index contributed by atoms with van der Waals surface area (Å²) in [5.41, 5.74) is -0.153. The van der Waals surface area contributed by atoms with Gasteiger partial charge in [0, 0.05) is 0 Å². The van der Waals surface area contributed by atoms with Crippen molar-refractivity contribution in [2.45, 2.75) is 60.3 Å². The molecule has 0 spiro atoms. The molecule has 90 valence electrons. The van der Waals surface area contributed by atoms with Crippen LogP contribution in [0.15, 0.2) is 0 Å². The number of rotatable bonds is 6. The van der Waals surface area contributed by atoms with E-state index in [4.69, 9.17) is 4.74 Å². The van der Waals surface area contributed by atoms with Crippen molar-refractivity contribution in [2.75, 3.05) is 7.11 Å². The number of carbonyl (C=O) groups excluding carboxylic acids is 1. The van der Waals surface area contributed by atoms with Crippen LogP contribution in [0, 0.1) is 10.8 Å². The van der Waals surface area contributed by atoms with Gasteiger partial charge >= 0.3 is 5.97 Å². The molecule has 0 heterocycles. The minimum atomic E-state index is -0.369. The highest BCUT2D eigenvalue weighted by atomic mass is 16.5. The summed E-state index contributed by atoms with van der Waals surface area (Å²) >= 11 is 0. The van der Waals surface area contributed by atoms with E-state index in [0.29, 0.717) is 0 Å². The second-order valence-electron chi connectivity index (χ2n) is 5.82. The van der Waals surface area contributed by atoms with Gasteiger partial charge in [-0.15, -0.1) is 0 Å². The predicted octanol–water partition coefficient (Wildman–Crippen LogP) is 3.79. The minimum absolute atomic E-state index is 0.105. The van der Waals surface area contributed by atoms with Crippen molar-refractivity contribution in [3.8, 4) is 0 Å². The predicted molar refractivity (Wildman–Crippen MR) is 63.7 cm³/mol. The fraction of sp³-hybridized carbons (Fsp3) is 0.923. The first-order valence-electron chi connectivity index (χ1n) is 5.83. The Morgan fingerprint density at radius 3 is 2.13 bits per heavy atom. The standard InChI is InChI=1S/C13H26O2/c1-7-8-9-12(2,3)10-13(4,5)11(14)15-6/h7-10H2,1-6H3. The number of ether oxygens (including phenoxy) is 1. The lowest BCUT2D eigenvalue weighted by molar-refractivity contribution is -0.152. The Morgan fingerprint density at radius 1 is 1.20 bits per heavy atom. The Labute approximate surface area is 94.4 Å². The first kappa shape index (κ1) is 14.5. The van der Waals surface area contributed by atoms with E-state index in [1.165, 1.54) is 26.4 Å². The molecular weight excluding hydrogens is 188 g/mol.